The molecule has 2 aromatic heterocycles. The number of aromatic nitrogens is 3. The van der Waals surface area contributed by atoms with Crippen LogP contribution in [0.5, 0.6) is 5.88 Å². The quantitative estimate of drug-likeness (QED) is 0.651. The molecule has 1 aliphatic heterocycles. The maximum absolute atomic E-state index is 13.2. The molecule has 2 amide bonds. The standard InChI is InChI=1S/C24H33N5O4/c1-13(2)12-27-22-18(10-11-19(30)28-14(3)6-7-15(28)4)16(5)26-29(22)24(33)20(23(27)32)21(31)25-17-8-9-17/h10-11,13-15,17,32H,6-9,12H2,1-5H3,(H,25,31)/b11-10+/t14-,15+. The van der Waals surface area contributed by atoms with Crippen molar-refractivity contribution >= 4 is 23.5 Å². The highest BCUT2D eigenvalue weighted by Crippen LogP contribution is 2.27. The first-order valence-corrected chi connectivity index (χ1v) is 11.8. The first kappa shape index (κ1) is 23.1. The first-order valence-electron chi connectivity index (χ1n) is 11.8. The topological polar surface area (TPSA) is 109 Å². The van der Waals surface area contributed by atoms with Gasteiger partial charge >= 0.3 is 0 Å². The van der Waals surface area contributed by atoms with E-state index in [-0.39, 0.29) is 41.4 Å². The third kappa shape index (κ3) is 4.28. The predicted octanol–water partition coefficient (Wildman–Crippen LogP) is 2.47. The van der Waals surface area contributed by atoms with Crippen LogP contribution >= 0.6 is 0 Å². The fourth-order valence-corrected chi connectivity index (χ4v) is 4.65. The van der Waals surface area contributed by atoms with Crippen LogP contribution in [0.3, 0.4) is 0 Å². The number of aryl methyl sites for hydroxylation is 1. The number of carbonyl (C=O) groups excluding carboxylic acids is 2. The summed E-state index contributed by atoms with van der Waals surface area (Å²) in [6.07, 6.45) is 6.86. The van der Waals surface area contributed by atoms with Crippen molar-refractivity contribution in [2.45, 2.75) is 85.0 Å². The van der Waals surface area contributed by atoms with Gasteiger partial charge in [0.25, 0.3) is 11.5 Å². The summed E-state index contributed by atoms with van der Waals surface area (Å²) in [4.78, 5) is 40.7. The maximum Gasteiger partial charge on any atom is 0.291 e. The SMILES string of the molecule is Cc1nn2c(=O)c(C(=O)NC3CC3)c(O)n(CC(C)C)c2c1/C=C/C(=O)N1[C@H](C)CC[C@@H]1C. The number of carbonyl (C=O) groups is 2. The molecular formula is C24H33N5O4. The normalized spacial score (nSPS) is 21.0. The zero-order valence-corrected chi connectivity index (χ0v) is 20.0. The highest BCUT2D eigenvalue weighted by atomic mass is 16.3. The summed E-state index contributed by atoms with van der Waals surface area (Å²) in [5, 5.41) is 18.2. The van der Waals surface area contributed by atoms with Gasteiger partial charge in [-0.2, -0.15) is 9.61 Å². The molecule has 4 rings (SSSR count). The summed E-state index contributed by atoms with van der Waals surface area (Å²) in [5.41, 5.74) is 0.513. The number of amides is 2. The van der Waals surface area contributed by atoms with E-state index in [2.05, 4.69) is 10.4 Å². The third-order valence-corrected chi connectivity index (χ3v) is 6.51. The fourth-order valence-electron chi connectivity index (χ4n) is 4.65. The molecule has 0 aromatic carbocycles. The van der Waals surface area contributed by atoms with Crippen molar-refractivity contribution in [1.82, 2.24) is 24.4 Å². The number of fused-ring (bicyclic) bond motifs is 1. The smallest absolute Gasteiger partial charge is 0.291 e. The lowest BCUT2D eigenvalue weighted by Crippen LogP contribution is -2.37. The van der Waals surface area contributed by atoms with Gasteiger partial charge in [-0.3, -0.25) is 19.0 Å². The third-order valence-electron chi connectivity index (χ3n) is 6.51. The lowest BCUT2D eigenvalue weighted by Gasteiger charge is -2.24. The lowest BCUT2D eigenvalue weighted by molar-refractivity contribution is -0.128. The molecule has 1 saturated carbocycles. The molecule has 0 unspecified atom stereocenters. The Bertz CT molecular complexity index is 1180. The minimum atomic E-state index is -0.670. The van der Waals surface area contributed by atoms with E-state index in [9.17, 15) is 19.5 Å². The van der Waals surface area contributed by atoms with E-state index in [1.165, 1.54) is 10.6 Å². The fraction of sp³-hybridized carbons (Fsp3) is 0.583. The van der Waals surface area contributed by atoms with Crippen molar-refractivity contribution in [3.63, 3.8) is 0 Å². The summed E-state index contributed by atoms with van der Waals surface area (Å²) in [6.45, 7) is 10.2. The van der Waals surface area contributed by atoms with Gasteiger partial charge in [0.05, 0.1) is 5.69 Å². The van der Waals surface area contributed by atoms with E-state index < -0.39 is 11.5 Å². The van der Waals surface area contributed by atoms with Crippen LogP contribution in [0, 0.1) is 12.8 Å². The molecule has 2 atom stereocenters. The van der Waals surface area contributed by atoms with E-state index in [0.29, 0.717) is 23.4 Å². The molecule has 2 aliphatic rings. The van der Waals surface area contributed by atoms with Crippen LogP contribution in [0.2, 0.25) is 0 Å². The molecule has 0 spiro atoms. The van der Waals surface area contributed by atoms with Gasteiger partial charge in [-0.1, -0.05) is 13.8 Å². The molecule has 33 heavy (non-hydrogen) atoms. The van der Waals surface area contributed by atoms with E-state index in [4.69, 9.17) is 0 Å². The van der Waals surface area contributed by atoms with Crippen LogP contribution in [0.15, 0.2) is 10.9 Å². The van der Waals surface area contributed by atoms with Gasteiger partial charge in [0.1, 0.15) is 5.65 Å². The summed E-state index contributed by atoms with van der Waals surface area (Å²) >= 11 is 0. The Hall–Kier alpha value is -3.10. The Morgan fingerprint density at radius 1 is 1.18 bits per heavy atom. The maximum atomic E-state index is 13.2. The van der Waals surface area contributed by atoms with Crippen molar-refractivity contribution in [1.29, 1.82) is 0 Å². The monoisotopic (exact) mass is 455 g/mol. The zero-order valence-electron chi connectivity index (χ0n) is 20.0. The van der Waals surface area contributed by atoms with Gasteiger partial charge in [-0.15, -0.1) is 0 Å². The van der Waals surface area contributed by atoms with Gasteiger partial charge in [-0.05, 0) is 58.4 Å². The molecule has 9 heteroatoms. The van der Waals surface area contributed by atoms with E-state index >= 15 is 0 Å². The molecule has 9 nitrogen and oxygen atoms in total. The Balaban J connectivity index is 1.82. The lowest BCUT2D eigenvalue weighted by atomic mass is 10.1. The molecule has 3 heterocycles. The van der Waals surface area contributed by atoms with Gasteiger partial charge in [-0.25, -0.2) is 0 Å². The van der Waals surface area contributed by atoms with Gasteiger partial charge < -0.3 is 15.3 Å². The summed E-state index contributed by atoms with van der Waals surface area (Å²) < 4.78 is 2.73. The summed E-state index contributed by atoms with van der Waals surface area (Å²) in [5.74, 6) is -0.922. The Labute approximate surface area is 193 Å². The first-order chi connectivity index (χ1) is 15.6. The van der Waals surface area contributed by atoms with E-state index in [1.54, 1.807) is 17.6 Å². The largest absolute Gasteiger partial charge is 0.494 e. The summed E-state index contributed by atoms with van der Waals surface area (Å²) in [7, 11) is 0. The van der Waals surface area contributed by atoms with Crippen molar-refractivity contribution in [2.75, 3.05) is 0 Å². The van der Waals surface area contributed by atoms with E-state index in [1.807, 2.05) is 32.6 Å². The number of hydrogen-bond acceptors (Lipinski definition) is 5. The van der Waals surface area contributed by atoms with Crippen LogP contribution in [0.4, 0.5) is 0 Å². The zero-order chi connectivity index (χ0) is 24.0. The second-order valence-corrected chi connectivity index (χ2v) is 9.84. The molecule has 178 valence electrons. The molecule has 1 aliphatic carbocycles. The van der Waals surface area contributed by atoms with Crippen LogP contribution in [-0.2, 0) is 11.3 Å². The molecule has 0 bridgehead atoms. The Morgan fingerprint density at radius 2 is 1.82 bits per heavy atom. The van der Waals surface area contributed by atoms with Gasteiger partial charge in [0.15, 0.2) is 5.56 Å². The predicted molar refractivity (Wildman–Crippen MR) is 125 cm³/mol. The average Bonchev–Trinajstić information content (AvgIpc) is 3.39. The van der Waals surface area contributed by atoms with Crippen LogP contribution in [-0.4, -0.2) is 54.1 Å². The molecule has 2 aromatic rings. The number of aromatic hydroxyl groups is 1. The second-order valence-electron chi connectivity index (χ2n) is 9.84. The number of nitrogens with one attached hydrogen (secondary N) is 1. The van der Waals surface area contributed by atoms with Crippen molar-refractivity contribution in [3.8, 4) is 5.88 Å². The molecule has 0 radical (unpaired) electrons. The molecule has 2 N–H and O–H groups in total. The molecule has 1 saturated heterocycles. The van der Waals surface area contributed by atoms with Gasteiger partial charge in [0.2, 0.25) is 11.8 Å². The van der Waals surface area contributed by atoms with Crippen LogP contribution < -0.4 is 10.9 Å². The Kier molecular flexibility index (Phi) is 6.07. The minimum Gasteiger partial charge on any atom is -0.494 e. The highest BCUT2D eigenvalue weighted by molar-refractivity contribution is 5.97. The van der Waals surface area contributed by atoms with Crippen LogP contribution in [0.25, 0.3) is 11.7 Å². The number of likely N-dealkylation sites (tertiary alicyclic amines) is 1. The number of hydrogen-bond donors (Lipinski definition) is 2. The summed E-state index contributed by atoms with van der Waals surface area (Å²) in [6, 6.07) is 0.403. The van der Waals surface area contributed by atoms with Gasteiger partial charge in [0, 0.05) is 36.3 Å². The van der Waals surface area contributed by atoms with Crippen LogP contribution in [0.1, 0.15) is 75.0 Å². The van der Waals surface area contributed by atoms with Crippen molar-refractivity contribution in [3.05, 3.63) is 33.3 Å². The minimum absolute atomic E-state index is 0.0461. The van der Waals surface area contributed by atoms with E-state index in [0.717, 1.165) is 25.7 Å². The average molecular weight is 456 g/mol. The Morgan fingerprint density at radius 3 is 2.39 bits per heavy atom. The number of nitrogens with zero attached hydrogens (tertiary/aromatic N) is 4. The molecule has 2 fully saturated rings. The van der Waals surface area contributed by atoms with Crippen molar-refractivity contribution in [2.24, 2.45) is 5.92 Å². The van der Waals surface area contributed by atoms with Crippen molar-refractivity contribution < 1.29 is 14.7 Å². The second kappa shape index (κ2) is 8.68. The molecular weight excluding hydrogens is 422 g/mol. The number of rotatable bonds is 6. The highest BCUT2D eigenvalue weighted by Gasteiger charge is 2.31.